The van der Waals surface area contributed by atoms with Crippen molar-refractivity contribution >= 4 is 21.7 Å². The summed E-state index contributed by atoms with van der Waals surface area (Å²) in [4.78, 5) is 14.4. The maximum absolute atomic E-state index is 11.9. The molecule has 2 rings (SSSR count). The maximum atomic E-state index is 11.9. The summed E-state index contributed by atoms with van der Waals surface area (Å²) in [6, 6.07) is 0. The monoisotopic (exact) mass is 224 g/mol. The van der Waals surface area contributed by atoms with Gasteiger partial charge in [-0.15, -0.1) is 11.3 Å². The van der Waals surface area contributed by atoms with E-state index in [1.54, 1.807) is 15.9 Å². The molecule has 0 unspecified atom stereocenters. The van der Waals surface area contributed by atoms with Gasteiger partial charge in [-0.25, -0.2) is 4.79 Å². The molecule has 2 heterocycles. The lowest BCUT2D eigenvalue weighted by Gasteiger charge is -1.96. The number of imidazole rings is 1. The molecule has 0 spiro atoms. The van der Waals surface area contributed by atoms with Gasteiger partial charge in [-0.3, -0.25) is 9.13 Å². The first-order valence-corrected chi connectivity index (χ1v) is 6.10. The zero-order valence-corrected chi connectivity index (χ0v) is 10.4. The minimum absolute atomic E-state index is 0.105. The molecule has 0 saturated heterocycles. The topological polar surface area (TPSA) is 26.9 Å². The van der Waals surface area contributed by atoms with Crippen molar-refractivity contribution < 1.29 is 0 Å². The van der Waals surface area contributed by atoms with Crippen LogP contribution >= 0.6 is 11.3 Å². The van der Waals surface area contributed by atoms with Gasteiger partial charge in [0, 0.05) is 18.5 Å². The lowest BCUT2D eigenvalue weighted by Crippen LogP contribution is -2.21. The largest absolute Gasteiger partial charge is 0.329 e. The molecule has 2 aromatic heterocycles. The molecule has 0 aliphatic carbocycles. The number of nitrogens with zero attached hydrogens (tertiary/aromatic N) is 2. The Morgan fingerprint density at radius 2 is 2.00 bits per heavy atom. The Balaban J connectivity index is 2.95. The van der Waals surface area contributed by atoms with Gasteiger partial charge < -0.3 is 0 Å². The fourth-order valence-electron chi connectivity index (χ4n) is 2.14. The summed E-state index contributed by atoms with van der Waals surface area (Å²) in [7, 11) is 1.86. The standard InChI is InChI=1S/C11H16N2OS/c1-5-8-7(3)15-10-9(8)12(4)11(14)13(10)6-2/h5-6H2,1-4H3. The van der Waals surface area contributed by atoms with Crippen molar-refractivity contribution in [2.45, 2.75) is 33.7 Å². The van der Waals surface area contributed by atoms with Crippen molar-refractivity contribution in [2.75, 3.05) is 0 Å². The Labute approximate surface area is 93.0 Å². The van der Waals surface area contributed by atoms with Crippen LogP contribution in [-0.4, -0.2) is 9.13 Å². The molecule has 0 aliphatic heterocycles. The number of rotatable bonds is 2. The smallest absolute Gasteiger partial charge is 0.294 e. The van der Waals surface area contributed by atoms with E-state index in [9.17, 15) is 4.79 Å². The van der Waals surface area contributed by atoms with Crippen molar-refractivity contribution in [1.82, 2.24) is 9.13 Å². The predicted molar refractivity (Wildman–Crippen MR) is 64.8 cm³/mol. The van der Waals surface area contributed by atoms with Crippen LogP contribution in [0.2, 0.25) is 0 Å². The molecule has 0 fully saturated rings. The van der Waals surface area contributed by atoms with E-state index in [4.69, 9.17) is 0 Å². The lowest BCUT2D eigenvalue weighted by molar-refractivity contribution is 0.714. The summed E-state index contributed by atoms with van der Waals surface area (Å²) in [5.74, 6) is 0. The van der Waals surface area contributed by atoms with E-state index in [0.717, 1.165) is 23.3 Å². The highest BCUT2D eigenvalue weighted by Gasteiger charge is 2.16. The van der Waals surface area contributed by atoms with Crippen LogP contribution in [0.15, 0.2) is 4.79 Å². The molecule has 2 aromatic rings. The number of aryl methyl sites for hydroxylation is 4. The van der Waals surface area contributed by atoms with E-state index in [1.165, 1.54) is 10.4 Å². The maximum Gasteiger partial charge on any atom is 0.329 e. The minimum atomic E-state index is 0.105. The molecule has 0 atom stereocenters. The van der Waals surface area contributed by atoms with E-state index in [2.05, 4.69) is 13.8 Å². The normalized spacial score (nSPS) is 11.5. The van der Waals surface area contributed by atoms with Gasteiger partial charge in [0.25, 0.3) is 0 Å². The highest BCUT2D eigenvalue weighted by Crippen LogP contribution is 2.30. The summed E-state index contributed by atoms with van der Waals surface area (Å²) in [5.41, 5.74) is 2.56. The fraction of sp³-hybridized carbons (Fsp3) is 0.545. The molecule has 3 nitrogen and oxygen atoms in total. The van der Waals surface area contributed by atoms with Crippen LogP contribution in [0.3, 0.4) is 0 Å². The average Bonchev–Trinajstić information content (AvgIpc) is 2.64. The highest BCUT2D eigenvalue weighted by atomic mass is 32.1. The predicted octanol–water partition coefficient (Wildman–Crippen LogP) is 2.29. The van der Waals surface area contributed by atoms with Crippen LogP contribution in [0.1, 0.15) is 24.3 Å². The average molecular weight is 224 g/mol. The third-order valence-electron chi connectivity index (χ3n) is 2.93. The van der Waals surface area contributed by atoms with Crippen molar-refractivity contribution in [1.29, 1.82) is 0 Å². The van der Waals surface area contributed by atoms with Gasteiger partial charge in [-0.2, -0.15) is 0 Å². The summed E-state index contributed by atoms with van der Waals surface area (Å²) >= 11 is 1.73. The first-order valence-electron chi connectivity index (χ1n) is 5.29. The Kier molecular flexibility index (Phi) is 2.46. The van der Waals surface area contributed by atoms with Gasteiger partial charge in [0.05, 0.1) is 5.52 Å². The zero-order valence-electron chi connectivity index (χ0n) is 9.63. The second-order valence-corrected chi connectivity index (χ2v) is 4.93. The van der Waals surface area contributed by atoms with Crippen LogP contribution in [0, 0.1) is 6.92 Å². The number of hydrogen-bond acceptors (Lipinski definition) is 2. The Bertz CT molecular complexity index is 559. The van der Waals surface area contributed by atoms with E-state index in [-0.39, 0.29) is 5.69 Å². The van der Waals surface area contributed by atoms with Crippen molar-refractivity contribution in [2.24, 2.45) is 7.05 Å². The van der Waals surface area contributed by atoms with Crippen LogP contribution in [-0.2, 0) is 20.0 Å². The number of fused-ring (bicyclic) bond motifs is 1. The molecule has 82 valence electrons. The second-order valence-electron chi connectivity index (χ2n) is 3.73. The van der Waals surface area contributed by atoms with Gasteiger partial charge >= 0.3 is 5.69 Å². The first-order chi connectivity index (χ1) is 7.11. The van der Waals surface area contributed by atoms with Gasteiger partial charge in [-0.1, -0.05) is 6.92 Å². The first kappa shape index (κ1) is 10.5. The Morgan fingerprint density at radius 1 is 1.33 bits per heavy atom. The van der Waals surface area contributed by atoms with Gasteiger partial charge in [-0.05, 0) is 25.8 Å². The van der Waals surface area contributed by atoms with Crippen LogP contribution in [0.5, 0.6) is 0 Å². The van der Waals surface area contributed by atoms with Crippen LogP contribution in [0.4, 0.5) is 0 Å². The molecular weight excluding hydrogens is 208 g/mol. The summed E-state index contributed by atoms with van der Waals surface area (Å²) < 4.78 is 3.63. The SMILES string of the molecule is CCc1c(C)sc2c1n(C)c(=O)n2CC. The zero-order chi connectivity index (χ0) is 11.2. The molecule has 0 amide bonds. The molecule has 0 radical (unpaired) electrons. The number of aromatic nitrogens is 2. The fourth-order valence-corrected chi connectivity index (χ4v) is 3.47. The summed E-state index contributed by atoms with van der Waals surface area (Å²) in [6.45, 7) is 7.04. The molecule has 0 N–H and O–H groups in total. The van der Waals surface area contributed by atoms with E-state index in [0.29, 0.717) is 0 Å². The van der Waals surface area contributed by atoms with Gasteiger partial charge in [0.1, 0.15) is 4.83 Å². The Hall–Kier alpha value is -1.03. The molecule has 0 bridgehead atoms. The van der Waals surface area contributed by atoms with E-state index in [1.807, 2.05) is 18.5 Å². The Morgan fingerprint density at radius 3 is 2.53 bits per heavy atom. The summed E-state index contributed by atoms with van der Waals surface area (Å²) in [5, 5.41) is 0. The van der Waals surface area contributed by atoms with Crippen molar-refractivity contribution in [3.63, 3.8) is 0 Å². The van der Waals surface area contributed by atoms with Gasteiger partial charge in [0.2, 0.25) is 0 Å². The molecule has 0 saturated carbocycles. The number of hydrogen-bond donors (Lipinski definition) is 0. The second kappa shape index (κ2) is 3.52. The lowest BCUT2D eigenvalue weighted by atomic mass is 10.2. The molecule has 0 aromatic carbocycles. The van der Waals surface area contributed by atoms with Crippen molar-refractivity contribution in [3.8, 4) is 0 Å². The van der Waals surface area contributed by atoms with E-state index < -0.39 is 0 Å². The van der Waals surface area contributed by atoms with E-state index >= 15 is 0 Å². The van der Waals surface area contributed by atoms with Gasteiger partial charge in [0.15, 0.2) is 0 Å². The summed E-state index contributed by atoms with van der Waals surface area (Å²) in [6.07, 6.45) is 0.993. The molecule has 0 aliphatic rings. The molecular formula is C11H16N2OS. The third kappa shape index (κ3) is 1.28. The molecule has 15 heavy (non-hydrogen) atoms. The minimum Gasteiger partial charge on any atom is -0.294 e. The quantitative estimate of drug-likeness (QED) is 0.769. The molecule has 4 heteroatoms. The third-order valence-corrected chi connectivity index (χ3v) is 4.09. The number of thiophene rings is 1. The van der Waals surface area contributed by atoms with Crippen LogP contribution < -0.4 is 5.69 Å². The highest BCUT2D eigenvalue weighted by molar-refractivity contribution is 7.18. The van der Waals surface area contributed by atoms with Crippen molar-refractivity contribution in [3.05, 3.63) is 20.9 Å². The van der Waals surface area contributed by atoms with Crippen LogP contribution in [0.25, 0.3) is 10.3 Å².